The van der Waals surface area contributed by atoms with Gasteiger partial charge in [-0.15, -0.1) is 0 Å². The normalized spacial score (nSPS) is 20.1. The maximum atomic E-state index is 12.6. The number of ether oxygens (including phenoxy) is 1. The quantitative estimate of drug-likeness (QED) is 0.796. The van der Waals surface area contributed by atoms with Gasteiger partial charge in [0.25, 0.3) is 0 Å². The van der Waals surface area contributed by atoms with Crippen molar-refractivity contribution in [3.05, 3.63) is 29.8 Å². The van der Waals surface area contributed by atoms with Gasteiger partial charge in [0.15, 0.2) is 0 Å². The van der Waals surface area contributed by atoms with Crippen LogP contribution >= 0.6 is 0 Å². The lowest BCUT2D eigenvalue weighted by molar-refractivity contribution is -0.143. The lowest BCUT2D eigenvalue weighted by Crippen LogP contribution is -2.41. The number of aliphatic hydroxyl groups excluding tert-OH is 1. The van der Waals surface area contributed by atoms with Crippen molar-refractivity contribution in [2.75, 3.05) is 13.2 Å². The first-order chi connectivity index (χ1) is 12.0. The number of imide groups is 1. The molecule has 1 aromatic carbocycles. The van der Waals surface area contributed by atoms with Gasteiger partial charge >= 0.3 is 0 Å². The van der Waals surface area contributed by atoms with E-state index in [1.165, 1.54) is 4.90 Å². The average Bonchev–Trinajstić information content (AvgIpc) is 3.16. The van der Waals surface area contributed by atoms with E-state index in [0.717, 1.165) is 31.2 Å². The minimum Gasteiger partial charge on any atom is -0.491 e. The smallest absolute Gasteiger partial charge is 0.235 e. The molecule has 25 heavy (non-hydrogen) atoms. The Bertz CT molecular complexity index is 686. The summed E-state index contributed by atoms with van der Waals surface area (Å²) in [5.74, 6) is 0.258. The molecule has 1 heterocycles. The first-order valence-electron chi connectivity index (χ1n) is 8.66. The fourth-order valence-electron chi connectivity index (χ4n) is 3.74. The highest BCUT2D eigenvalue weighted by atomic mass is 16.5. The number of amides is 2. The van der Waals surface area contributed by atoms with E-state index in [2.05, 4.69) is 6.07 Å². The molecule has 0 bridgehead atoms. The van der Waals surface area contributed by atoms with E-state index in [1.807, 2.05) is 0 Å². The largest absolute Gasteiger partial charge is 0.491 e. The van der Waals surface area contributed by atoms with Gasteiger partial charge in [0.1, 0.15) is 18.5 Å². The van der Waals surface area contributed by atoms with Crippen LogP contribution in [0.4, 0.5) is 0 Å². The molecular weight excluding hydrogens is 320 g/mol. The fourth-order valence-corrected chi connectivity index (χ4v) is 3.74. The molecule has 1 aliphatic carbocycles. The van der Waals surface area contributed by atoms with E-state index in [-0.39, 0.29) is 31.4 Å². The van der Waals surface area contributed by atoms with Crippen molar-refractivity contribution in [1.82, 2.24) is 4.90 Å². The van der Waals surface area contributed by atoms with E-state index in [1.54, 1.807) is 24.3 Å². The number of aliphatic hydroxyl groups is 1. The Kier molecular flexibility index (Phi) is 5.05. The van der Waals surface area contributed by atoms with Crippen molar-refractivity contribution >= 4 is 11.8 Å². The van der Waals surface area contributed by atoms with Crippen molar-refractivity contribution in [3.63, 3.8) is 0 Å². The van der Waals surface area contributed by atoms with Crippen molar-refractivity contribution in [2.24, 2.45) is 5.41 Å². The first-order valence-corrected chi connectivity index (χ1v) is 8.66. The minimum atomic E-state index is -0.928. The van der Waals surface area contributed by atoms with E-state index in [4.69, 9.17) is 10.00 Å². The molecule has 2 amide bonds. The molecule has 6 heteroatoms. The molecule has 1 aliphatic heterocycles. The van der Waals surface area contributed by atoms with Crippen LogP contribution in [0.25, 0.3) is 0 Å². The number of carbonyl (C=O) groups is 2. The number of carbonyl (C=O) groups excluding carboxylic acids is 2. The second-order valence-electron chi connectivity index (χ2n) is 6.92. The monoisotopic (exact) mass is 342 g/mol. The zero-order valence-electron chi connectivity index (χ0n) is 14.1. The summed E-state index contributed by atoms with van der Waals surface area (Å²) in [4.78, 5) is 26.0. The number of nitriles is 1. The highest BCUT2D eigenvalue weighted by molar-refractivity contribution is 6.06. The molecule has 132 valence electrons. The van der Waals surface area contributed by atoms with Crippen molar-refractivity contribution in [3.8, 4) is 11.8 Å². The van der Waals surface area contributed by atoms with Crippen LogP contribution in [0.5, 0.6) is 5.75 Å². The molecule has 0 radical (unpaired) electrons. The molecule has 1 spiro atoms. The third-order valence-electron chi connectivity index (χ3n) is 5.09. The lowest BCUT2D eigenvalue weighted by Gasteiger charge is -2.23. The summed E-state index contributed by atoms with van der Waals surface area (Å²) in [5.41, 5.74) is 0.388. The number of rotatable bonds is 6. The Balaban J connectivity index is 1.52. The second-order valence-corrected chi connectivity index (χ2v) is 6.92. The molecule has 1 N–H and O–H groups in total. The van der Waals surface area contributed by atoms with E-state index in [9.17, 15) is 14.7 Å². The van der Waals surface area contributed by atoms with Gasteiger partial charge in [-0.05, 0) is 30.5 Å². The Hall–Kier alpha value is -2.39. The minimum absolute atomic E-state index is 0.00164. The second kappa shape index (κ2) is 7.24. The van der Waals surface area contributed by atoms with Gasteiger partial charge in [-0.25, -0.2) is 0 Å². The third kappa shape index (κ3) is 3.67. The fraction of sp³-hybridized carbons (Fsp3) is 0.526. The predicted octanol–water partition coefficient (Wildman–Crippen LogP) is 1.81. The highest BCUT2D eigenvalue weighted by Crippen LogP contribution is 2.46. The number of β-amino-alcohol motifs (C(OH)–C–C–N with tert-alkyl or cyclic N) is 1. The Morgan fingerprint density at radius 2 is 1.92 bits per heavy atom. The molecule has 1 saturated heterocycles. The Labute approximate surface area is 147 Å². The number of hydrogen-bond acceptors (Lipinski definition) is 5. The number of benzene rings is 1. The third-order valence-corrected chi connectivity index (χ3v) is 5.09. The lowest BCUT2D eigenvalue weighted by atomic mass is 9.84. The van der Waals surface area contributed by atoms with Crippen molar-refractivity contribution < 1.29 is 19.4 Å². The van der Waals surface area contributed by atoms with Crippen LogP contribution in [0.1, 0.15) is 37.7 Å². The summed E-state index contributed by atoms with van der Waals surface area (Å²) in [5, 5.41) is 18.8. The molecule has 2 fully saturated rings. The molecule has 1 atom stereocenters. The van der Waals surface area contributed by atoms with Crippen LogP contribution in [-0.4, -0.2) is 41.1 Å². The summed E-state index contributed by atoms with van der Waals surface area (Å²) in [6.07, 6.45) is 3.21. The van der Waals surface area contributed by atoms with Gasteiger partial charge in [0.05, 0.1) is 24.4 Å². The van der Waals surface area contributed by atoms with Gasteiger partial charge in [-0.2, -0.15) is 5.26 Å². The Morgan fingerprint density at radius 1 is 1.24 bits per heavy atom. The van der Waals surface area contributed by atoms with Crippen LogP contribution in [0.3, 0.4) is 0 Å². The zero-order valence-corrected chi connectivity index (χ0v) is 14.1. The summed E-state index contributed by atoms with van der Waals surface area (Å²) in [7, 11) is 0. The molecule has 0 aromatic heterocycles. The van der Waals surface area contributed by atoms with Gasteiger partial charge < -0.3 is 9.84 Å². The maximum absolute atomic E-state index is 12.6. The maximum Gasteiger partial charge on any atom is 0.235 e. The molecule has 1 aromatic rings. The predicted molar refractivity (Wildman–Crippen MR) is 89.5 cm³/mol. The van der Waals surface area contributed by atoms with E-state index < -0.39 is 11.5 Å². The average molecular weight is 342 g/mol. The summed E-state index contributed by atoms with van der Waals surface area (Å²) in [6, 6.07) is 9.13. The molecule has 3 rings (SSSR count). The SMILES string of the molecule is N#CCc1ccc(OC[C@H](O)CN2C(=O)CC3(CCCC3)C2=O)cc1. The molecular formula is C19H22N2O4. The van der Waals surface area contributed by atoms with E-state index >= 15 is 0 Å². The number of nitrogens with zero attached hydrogens (tertiary/aromatic N) is 2. The van der Waals surface area contributed by atoms with Crippen LogP contribution in [0.15, 0.2) is 24.3 Å². The summed E-state index contributed by atoms with van der Waals surface area (Å²) in [6.45, 7) is -0.0202. The molecule has 1 saturated carbocycles. The van der Waals surface area contributed by atoms with Crippen LogP contribution in [0.2, 0.25) is 0 Å². The highest BCUT2D eigenvalue weighted by Gasteiger charge is 2.52. The zero-order chi connectivity index (χ0) is 17.9. The number of likely N-dealkylation sites (tertiary alicyclic amines) is 1. The number of hydrogen-bond donors (Lipinski definition) is 1. The van der Waals surface area contributed by atoms with Gasteiger partial charge in [-0.1, -0.05) is 25.0 Å². The van der Waals surface area contributed by atoms with Crippen molar-refractivity contribution in [2.45, 2.75) is 44.6 Å². The van der Waals surface area contributed by atoms with Crippen LogP contribution < -0.4 is 4.74 Å². The summed E-state index contributed by atoms with van der Waals surface area (Å²) < 4.78 is 5.52. The van der Waals surface area contributed by atoms with Crippen LogP contribution in [0, 0.1) is 16.7 Å². The Morgan fingerprint density at radius 3 is 2.56 bits per heavy atom. The van der Waals surface area contributed by atoms with Gasteiger partial charge in [-0.3, -0.25) is 14.5 Å². The van der Waals surface area contributed by atoms with Gasteiger partial charge in [0, 0.05) is 6.42 Å². The van der Waals surface area contributed by atoms with Crippen LogP contribution in [-0.2, 0) is 16.0 Å². The summed E-state index contributed by atoms with van der Waals surface area (Å²) >= 11 is 0. The van der Waals surface area contributed by atoms with E-state index in [0.29, 0.717) is 12.2 Å². The molecule has 6 nitrogen and oxygen atoms in total. The molecule has 2 aliphatic rings. The standard InChI is InChI=1S/C19H22N2O4/c20-10-7-14-3-5-16(6-4-14)25-13-15(22)12-21-17(23)11-19(18(21)24)8-1-2-9-19/h3-6,15,22H,1-2,7-9,11-13H2/t15-/m1/s1. The molecule has 0 unspecified atom stereocenters. The topological polar surface area (TPSA) is 90.6 Å². The van der Waals surface area contributed by atoms with Gasteiger partial charge in [0.2, 0.25) is 11.8 Å². The first kappa shape index (κ1) is 17.4. The van der Waals surface area contributed by atoms with Crippen molar-refractivity contribution in [1.29, 1.82) is 5.26 Å².